The number of benzene rings is 1. The molecule has 1 heterocycles. The van der Waals surface area contributed by atoms with E-state index in [4.69, 9.17) is 10.5 Å². The number of aromatic nitrogens is 2. The number of rotatable bonds is 6. The molecule has 6 heteroatoms. The van der Waals surface area contributed by atoms with Crippen LogP contribution in [0.2, 0.25) is 0 Å². The number of hydrogen-bond donors (Lipinski definition) is 1. The van der Waals surface area contributed by atoms with Gasteiger partial charge in [0, 0.05) is 18.3 Å². The molecule has 0 bridgehead atoms. The Morgan fingerprint density at radius 1 is 1.35 bits per heavy atom. The van der Waals surface area contributed by atoms with Crippen molar-refractivity contribution in [3.05, 3.63) is 36.2 Å². The van der Waals surface area contributed by atoms with Gasteiger partial charge in [-0.2, -0.15) is 5.10 Å². The number of nitrogens with zero attached hydrogens (tertiary/aromatic N) is 2. The number of nitrogens with two attached hydrogens (primary N) is 1. The van der Waals surface area contributed by atoms with Crippen LogP contribution in [0.15, 0.2) is 30.6 Å². The molecule has 0 fully saturated rings. The Balaban J connectivity index is 2.14. The summed E-state index contributed by atoms with van der Waals surface area (Å²) >= 11 is 0. The maximum atomic E-state index is 12.1. The zero-order valence-electron chi connectivity index (χ0n) is 11.2. The summed E-state index contributed by atoms with van der Waals surface area (Å²) in [5, 5.41) is 4.20. The lowest BCUT2D eigenvalue weighted by molar-refractivity contribution is 0.0816. The Morgan fingerprint density at radius 2 is 2.15 bits per heavy atom. The Hall–Kier alpha value is -1.95. The first kappa shape index (κ1) is 14.5. The fraction of sp³-hybridized carbons (Fsp3) is 0.357. The average Bonchev–Trinajstić information content (AvgIpc) is 2.86. The molecular formula is C14H17F2N3O. The molecule has 2 N–H and O–H groups in total. The SMILES string of the molecule is Cc1cc(-c2cnn(CCN)c2)ccc1OCC(F)F. The maximum absolute atomic E-state index is 12.1. The highest BCUT2D eigenvalue weighted by Gasteiger charge is 2.08. The summed E-state index contributed by atoms with van der Waals surface area (Å²) < 4.78 is 31.1. The first-order valence-electron chi connectivity index (χ1n) is 6.34. The first-order valence-corrected chi connectivity index (χ1v) is 6.34. The standard InChI is InChI=1S/C14H17F2N3O/c1-10-6-11(2-3-13(10)20-9-14(15)16)12-7-18-19(8-12)5-4-17/h2-3,6-8,14H,4-5,9,17H2,1H3. The van der Waals surface area contributed by atoms with Crippen LogP contribution >= 0.6 is 0 Å². The summed E-state index contributed by atoms with van der Waals surface area (Å²) in [6, 6.07) is 5.43. The van der Waals surface area contributed by atoms with Crippen LogP contribution < -0.4 is 10.5 Å². The van der Waals surface area contributed by atoms with E-state index in [9.17, 15) is 8.78 Å². The second-order valence-electron chi connectivity index (χ2n) is 4.46. The van der Waals surface area contributed by atoms with Crippen molar-refractivity contribution in [2.24, 2.45) is 5.73 Å². The van der Waals surface area contributed by atoms with Crippen LogP contribution in [0.25, 0.3) is 11.1 Å². The Labute approximate surface area is 116 Å². The molecule has 0 atom stereocenters. The minimum absolute atomic E-state index is 0.475. The van der Waals surface area contributed by atoms with E-state index in [0.29, 0.717) is 18.8 Å². The molecule has 0 saturated heterocycles. The minimum Gasteiger partial charge on any atom is -0.487 e. The fourth-order valence-electron chi connectivity index (χ4n) is 1.91. The van der Waals surface area contributed by atoms with Crippen molar-refractivity contribution in [2.75, 3.05) is 13.2 Å². The van der Waals surface area contributed by atoms with E-state index < -0.39 is 13.0 Å². The maximum Gasteiger partial charge on any atom is 0.272 e. The molecule has 0 radical (unpaired) electrons. The third-order valence-electron chi connectivity index (χ3n) is 2.86. The van der Waals surface area contributed by atoms with Gasteiger partial charge < -0.3 is 10.5 Å². The number of alkyl halides is 2. The molecule has 0 aliphatic heterocycles. The third-order valence-corrected chi connectivity index (χ3v) is 2.86. The minimum atomic E-state index is -2.47. The fourth-order valence-corrected chi connectivity index (χ4v) is 1.91. The van der Waals surface area contributed by atoms with Crippen LogP contribution in [0.3, 0.4) is 0 Å². The second kappa shape index (κ2) is 6.47. The highest BCUT2D eigenvalue weighted by Crippen LogP contribution is 2.26. The van der Waals surface area contributed by atoms with Crippen LogP contribution in [-0.2, 0) is 6.54 Å². The molecule has 108 valence electrons. The highest BCUT2D eigenvalue weighted by molar-refractivity contribution is 5.64. The van der Waals surface area contributed by atoms with Gasteiger partial charge in [0.1, 0.15) is 12.4 Å². The van der Waals surface area contributed by atoms with Gasteiger partial charge in [-0.3, -0.25) is 4.68 Å². The molecule has 2 rings (SSSR count). The van der Waals surface area contributed by atoms with Crippen LogP contribution in [0, 0.1) is 6.92 Å². The predicted octanol–water partition coefficient (Wildman–Crippen LogP) is 2.46. The Bertz CT molecular complexity index is 569. The van der Waals surface area contributed by atoms with E-state index in [0.717, 1.165) is 16.7 Å². The molecule has 1 aromatic heterocycles. The third kappa shape index (κ3) is 3.54. The Morgan fingerprint density at radius 3 is 2.80 bits per heavy atom. The lowest BCUT2D eigenvalue weighted by atomic mass is 10.1. The lowest BCUT2D eigenvalue weighted by Crippen LogP contribution is -2.09. The van der Waals surface area contributed by atoms with Gasteiger partial charge in [-0.15, -0.1) is 0 Å². The molecule has 20 heavy (non-hydrogen) atoms. The van der Waals surface area contributed by atoms with Crippen LogP contribution in [0.5, 0.6) is 5.75 Å². The zero-order chi connectivity index (χ0) is 14.5. The van der Waals surface area contributed by atoms with E-state index in [1.807, 2.05) is 25.3 Å². The second-order valence-corrected chi connectivity index (χ2v) is 4.46. The molecule has 4 nitrogen and oxygen atoms in total. The summed E-state index contributed by atoms with van der Waals surface area (Å²) in [5.74, 6) is 0.475. The van der Waals surface area contributed by atoms with E-state index in [1.54, 1.807) is 16.9 Å². The highest BCUT2D eigenvalue weighted by atomic mass is 19.3. The van der Waals surface area contributed by atoms with E-state index in [-0.39, 0.29) is 0 Å². The van der Waals surface area contributed by atoms with Crippen molar-refractivity contribution in [3.8, 4) is 16.9 Å². The van der Waals surface area contributed by atoms with Gasteiger partial charge in [0.2, 0.25) is 0 Å². The van der Waals surface area contributed by atoms with Crippen molar-refractivity contribution in [1.82, 2.24) is 9.78 Å². The van der Waals surface area contributed by atoms with Crippen LogP contribution in [-0.4, -0.2) is 29.4 Å². The van der Waals surface area contributed by atoms with Crippen molar-refractivity contribution < 1.29 is 13.5 Å². The number of aryl methyl sites for hydroxylation is 1. The molecule has 0 aliphatic rings. The molecular weight excluding hydrogens is 264 g/mol. The number of halogens is 2. The molecule has 2 aromatic rings. The molecule has 0 aliphatic carbocycles. The molecule has 0 saturated carbocycles. The van der Waals surface area contributed by atoms with Gasteiger partial charge in [-0.25, -0.2) is 8.78 Å². The summed E-state index contributed by atoms with van der Waals surface area (Å²) in [6.45, 7) is 2.43. The number of hydrogen-bond acceptors (Lipinski definition) is 3. The van der Waals surface area contributed by atoms with Gasteiger partial charge in [-0.1, -0.05) is 6.07 Å². The van der Waals surface area contributed by atoms with Crippen LogP contribution in [0.1, 0.15) is 5.56 Å². The monoisotopic (exact) mass is 281 g/mol. The zero-order valence-corrected chi connectivity index (χ0v) is 11.2. The van der Waals surface area contributed by atoms with Crippen molar-refractivity contribution in [1.29, 1.82) is 0 Å². The normalized spacial score (nSPS) is 11.1. The summed E-state index contributed by atoms with van der Waals surface area (Å²) in [6.07, 6.45) is 1.19. The smallest absolute Gasteiger partial charge is 0.272 e. The van der Waals surface area contributed by atoms with Crippen LogP contribution in [0.4, 0.5) is 8.78 Å². The lowest BCUT2D eigenvalue weighted by Gasteiger charge is -2.09. The van der Waals surface area contributed by atoms with Gasteiger partial charge in [0.15, 0.2) is 0 Å². The summed E-state index contributed by atoms with van der Waals surface area (Å²) in [7, 11) is 0. The quantitative estimate of drug-likeness (QED) is 0.885. The van der Waals surface area contributed by atoms with Crippen molar-refractivity contribution >= 4 is 0 Å². The first-order chi connectivity index (χ1) is 9.60. The van der Waals surface area contributed by atoms with Gasteiger partial charge in [-0.05, 0) is 30.2 Å². The predicted molar refractivity (Wildman–Crippen MR) is 73.0 cm³/mol. The van der Waals surface area contributed by atoms with E-state index in [2.05, 4.69) is 5.10 Å². The molecule has 0 amide bonds. The molecule has 0 unspecified atom stereocenters. The van der Waals surface area contributed by atoms with Gasteiger partial charge in [0.05, 0.1) is 12.7 Å². The largest absolute Gasteiger partial charge is 0.487 e. The Kier molecular flexibility index (Phi) is 4.68. The van der Waals surface area contributed by atoms with Gasteiger partial charge in [0.25, 0.3) is 6.43 Å². The van der Waals surface area contributed by atoms with Crippen molar-refractivity contribution in [2.45, 2.75) is 19.9 Å². The number of ether oxygens (including phenoxy) is 1. The summed E-state index contributed by atoms with van der Waals surface area (Å²) in [5.41, 5.74) is 8.21. The average molecular weight is 281 g/mol. The topological polar surface area (TPSA) is 53.1 Å². The molecule has 0 spiro atoms. The molecule has 1 aromatic carbocycles. The van der Waals surface area contributed by atoms with Gasteiger partial charge >= 0.3 is 0 Å². The van der Waals surface area contributed by atoms with E-state index in [1.165, 1.54) is 0 Å². The van der Waals surface area contributed by atoms with E-state index >= 15 is 0 Å². The van der Waals surface area contributed by atoms with Crippen molar-refractivity contribution in [3.63, 3.8) is 0 Å². The summed E-state index contributed by atoms with van der Waals surface area (Å²) in [4.78, 5) is 0.